The fourth-order valence-electron chi connectivity index (χ4n) is 4.67. The summed E-state index contributed by atoms with van der Waals surface area (Å²) >= 11 is 0. The number of imidazole rings is 1. The SMILES string of the molecule is c1ccc([C@H]2C[C@@H]2NCC2(c3noc(C4CCc5nc[nH]c5C4)n3)CC2)cc1. The van der Waals surface area contributed by atoms with Crippen molar-refractivity contribution >= 4 is 0 Å². The summed E-state index contributed by atoms with van der Waals surface area (Å²) in [7, 11) is 0. The zero-order valence-corrected chi connectivity index (χ0v) is 15.9. The molecular weight excluding hydrogens is 350 g/mol. The van der Waals surface area contributed by atoms with E-state index in [1.807, 2.05) is 0 Å². The number of hydrogen-bond acceptors (Lipinski definition) is 5. The zero-order valence-electron chi connectivity index (χ0n) is 15.9. The summed E-state index contributed by atoms with van der Waals surface area (Å²) in [5.41, 5.74) is 3.94. The molecule has 6 rings (SSSR count). The van der Waals surface area contributed by atoms with E-state index >= 15 is 0 Å². The molecule has 0 bridgehead atoms. The van der Waals surface area contributed by atoms with Crippen molar-refractivity contribution in [2.45, 2.75) is 61.8 Å². The Labute approximate surface area is 164 Å². The monoisotopic (exact) mass is 375 g/mol. The Morgan fingerprint density at radius 3 is 2.96 bits per heavy atom. The Kier molecular flexibility index (Phi) is 3.69. The molecule has 0 aliphatic heterocycles. The summed E-state index contributed by atoms with van der Waals surface area (Å²) in [6.07, 6.45) is 8.25. The molecule has 1 unspecified atom stereocenters. The van der Waals surface area contributed by atoms with Crippen molar-refractivity contribution < 1.29 is 4.52 Å². The van der Waals surface area contributed by atoms with Gasteiger partial charge in [-0.3, -0.25) is 0 Å². The average Bonchev–Trinajstić information content (AvgIpc) is 3.58. The summed E-state index contributed by atoms with van der Waals surface area (Å²) in [6, 6.07) is 11.4. The van der Waals surface area contributed by atoms with Crippen LogP contribution in [0.5, 0.6) is 0 Å². The molecule has 0 saturated heterocycles. The second-order valence-electron chi connectivity index (χ2n) is 8.74. The van der Waals surface area contributed by atoms with Crippen LogP contribution >= 0.6 is 0 Å². The van der Waals surface area contributed by atoms with Crippen molar-refractivity contribution in [2.24, 2.45) is 0 Å². The second kappa shape index (κ2) is 6.27. The number of aromatic nitrogens is 4. The third-order valence-corrected chi connectivity index (χ3v) is 6.83. The number of hydrogen-bond donors (Lipinski definition) is 2. The number of aryl methyl sites for hydroxylation is 1. The molecule has 3 aliphatic rings. The van der Waals surface area contributed by atoms with Crippen LogP contribution in [0.1, 0.15) is 66.2 Å². The van der Waals surface area contributed by atoms with Gasteiger partial charge in [-0.25, -0.2) is 4.98 Å². The fourth-order valence-corrected chi connectivity index (χ4v) is 4.67. The minimum atomic E-state index is 0.0827. The van der Waals surface area contributed by atoms with Gasteiger partial charge in [-0.1, -0.05) is 35.5 Å². The number of rotatable bonds is 6. The van der Waals surface area contributed by atoms with Gasteiger partial charge >= 0.3 is 0 Å². The molecule has 2 heterocycles. The normalized spacial score (nSPS) is 27.4. The molecule has 0 amide bonds. The van der Waals surface area contributed by atoms with Crippen molar-refractivity contribution in [3.05, 3.63) is 65.3 Å². The molecule has 6 nitrogen and oxygen atoms in total. The lowest BCUT2D eigenvalue weighted by molar-refractivity contribution is 0.333. The Morgan fingerprint density at radius 1 is 1.21 bits per heavy atom. The first-order valence-corrected chi connectivity index (χ1v) is 10.4. The van der Waals surface area contributed by atoms with Crippen LogP contribution in [0.3, 0.4) is 0 Å². The smallest absolute Gasteiger partial charge is 0.230 e. The highest BCUT2D eigenvalue weighted by Gasteiger charge is 2.50. The van der Waals surface area contributed by atoms with Crippen molar-refractivity contribution in [3.8, 4) is 0 Å². The van der Waals surface area contributed by atoms with E-state index in [1.165, 1.54) is 23.4 Å². The number of H-pyrrole nitrogens is 1. The highest BCUT2D eigenvalue weighted by Crippen LogP contribution is 2.48. The Morgan fingerprint density at radius 2 is 2.11 bits per heavy atom. The van der Waals surface area contributed by atoms with Gasteiger partial charge in [-0.15, -0.1) is 0 Å². The molecule has 2 aromatic heterocycles. The molecule has 6 heteroatoms. The lowest BCUT2D eigenvalue weighted by atomic mass is 9.90. The van der Waals surface area contributed by atoms with Crippen LogP contribution in [0.25, 0.3) is 0 Å². The van der Waals surface area contributed by atoms with E-state index in [2.05, 4.69) is 50.8 Å². The fraction of sp³-hybridized carbons (Fsp3) is 0.500. The average molecular weight is 375 g/mol. The Balaban J connectivity index is 1.10. The molecule has 144 valence electrons. The maximum absolute atomic E-state index is 5.71. The van der Waals surface area contributed by atoms with Gasteiger partial charge in [0.1, 0.15) is 0 Å². The van der Waals surface area contributed by atoms with Crippen LogP contribution < -0.4 is 5.32 Å². The molecule has 3 aromatic rings. The maximum atomic E-state index is 5.71. The number of benzene rings is 1. The van der Waals surface area contributed by atoms with Crippen LogP contribution in [0, 0.1) is 0 Å². The molecule has 0 spiro atoms. The number of nitrogens with zero attached hydrogens (tertiary/aromatic N) is 3. The summed E-state index contributed by atoms with van der Waals surface area (Å²) in [5.74, 6) is 2.67. The topological polar surface area (TPSA) is 79.6 Å². The molecule has 3 atom stereocenters. The molecule has 1 aromatic carbocycles. The third kappa shape index (κ3) is 2.87. The Bertz CT molecular complexity index is 974. The number of fused-ring (bicyclic) bond motifs is 1. The van der Waals surface area contributed by atoms with E-state index in [0.717, 1.165) is 50.4 Å². The summed E-state index contributed by atoms with van der Waals surface area (Å²) in [4.78, 5) is 12.5. The van der Waals surface area contributed by atoms with Crippen LogP contribution in [0.2, 0.25) is 0 Å². The molecule has 2 saturated carbocycles. The van der Waals surface area contributed by atoms with Gasteiger partial charge in [-0.2, -0.15) is 4.98 Å². The van der Waals surface area contributed by atoms with Crippen LogP contribution in [0.4, 0.5) is 0 Å². The van der Waals surface area contributed by atoms with Crippen molar-refractivity contribution in [3.63, 3.8) is 0 Å². The van der Waals surface area contributed by atoms with Crippen molar-refractivity contribution in [1.82, 2.24) is 25.4 Å². The van der Waals surface area contributed by atoms with E-state index in [-0.39, 0.29) is 5.41 Å². The Hall–Kier alpha value is -2.47. The third-order valence-electron chi connectivity index (χ3n) is 6.83. The molecule has 3 aliphatic carbocycles. The molecular formula is C22H25N5O. The minimum Gasteiger partial charge on any atom is -0.348 e. The van der Waals surface area contributed by atoms with Gasteiger partial charge in [0.15, 0.2) is 5.82 Å². The highest BCUT2D eigenvalue weighted by molar-refractivity contribution is 5.28. The van der Waals surface area contributed by atoms with Crippen molar-refractivity contribution in [1.29, 1.82) is 0 Å². The largest absolute Gasteiger partial charge is 0.348 e. The standard InChI is InChI=1S/C22H25N5O/c1-2-4-14(5-3-1)16-11-18(16)23-12-22(8-9-22)21-26-20(28-27-21)15-6-7-17-19(10-15)25-13-24-17/h1-5,13,15-16,18,23H,6-12H2,(H,24,25)/t15?,16-,18+/m1/s1. The highest BCUT2D eigenvalue weighted by atomic mass is 16.5. The summed E-state index contributed by atoms with van der Waals surface area (Å²) in [6.45, 7) is 0.954. The summed E-state index contributed by atoms with van der Waals surface area (Å²) < 4.78 is 5.71. The van der Waals surface area contributed by atoms with Crippen LogP contribution in [0.15, 0.2) is 41.2 Å². The lowest BCUT2D eigenvalue weighted by Gasteiger charge is -2.17. The van der Waals surface area contributed by atoms with E-state index in [9.17, 15) is 0 Å². The van der Waals surface area contributed by atoms with Gasteiger partial charge in [0.05, 0.1) is 12.0 Å². The number of nitrogens with one attached hydrogen (secondary N) is 2. The molecule has 0 radical (unpaired) electrons. The first kappa shape index (κ1) is 16.5. The van der Waals surface area contributed by atoms with Gasteiger partial charge in [-0.05, 0) is 37.7 Å². The molecule has 2 N–H and O–H groups in total. The van der Waals surface area contributed by atoms with E-state index in [0.29, 0.717) is 17.9 Å². The number of aromatic amines is 1. The first-order valence-electron chi connectivity index (χ1n) is 10.4. The van der Waals surface area contributed by atoms with E-state index in [1.54, 1.807) is 6.33 Å². The van der Waals surface area contributed by atoms with E-state index < -0.39 is 0 Å². The molecule has 2 fully saturated rings. The minimum absolute atomic E-state index is 0.0827. The predicted molar refractivity (Wildman–Crippen MR) is 104 cm³/mol. The lowest BCUT2D eigenvalue weighted by Crippen LogP contribution is -2.30. The quantitative estimate of drug-likeness (QED) is 0.691. The molecule has 28 heavy (non-hydrogen) atoms. The van der Waals surface area contributed by atoms with Gasteiger partial charge < -0.3 is 14.8 Å². The van der Waals surface area contributed by atoms with Gasteiger partial charge in [0.25, 0.3) is 0 Å². The first-order chi connectivity index (χ1) is 13.8. The second-order valence-corrected chi connectivity index (χ2v) is 8.74. The van der Waals surface area contributed by atoms with Gasteiger partial charge in [0.2, 0.25) is 5.89 Å². The van der Waals surface area contributed by atoms with Gasteiger partial charge in [0, 0.05) is 42.0 Å². The van der Waals surface area contributed by atoms with Crippen LogP contribution in [-0.4, -0.2) is 32.7 Å². The zero-order chi connectivity index (χ0) is 18.6. The van der Waals surface area contributed by atoms with Crippen molar-refractivity contribution in [2.75, 3.05) is 6.54 Å². The van der Waals surface area contributed by atoms with Crippen LogP contribution in [-0.2, 0) is 18.3 Å². The summed E-state index contributed by atoms with van der Waals surface area (Å²) in [5, 5.41) is 8.16. The maximum Gasteiger partial charge on any atom is 0.230 e. The predicted octanol–water partition coefficient (Wildman–Crippen LogP) is 3.24. The van der Waals surface area contributed by atoms with E-state index in [4.69, 9.17) is 9.51 Å².